The number of methoxy groups -OCH3 is 1. The maximum absolute atomic E-state index is 12.7. The van der Waals surface area contributed by atoms with E-state index in [9.17, 15) is 19.2 Å². The number of hydrogen-bond acceptors (Lipinski definition) is 5. The van der Waals surface area contributed by atoms with Gasteiger partial charge in [-0.1, -0.05) is 25.8 Å². The first-order chi connectivity index (χ1) is 13.3. The third-order valence-corrected chi connectivity index (χ3v) is 5.41. The fourth-order valence-electron chi connectivity index (χ4n) is 3.89. The first-order valence-electron chi connectivity index (χ1n) is 9.47. The van der Waals surface area contributed by atoms with Crippen molar-refractivity contribution >= 4 is 29.4 Å². The Morgan fingerprint density at radius 1 is 1.18 bits per heavy atom. The molecule has 3 rings (SSSR count). The van der Waals surface area contributed by atoms with Crippen molar-refractivity contribution in [3.63, 3.8) is 0 Å². The quantitative estimate of drug-likeness (QED) is 0.618. The van der Waals surface area contributed by atoms with Crippen LogP contribution in [0.15, 0.2) is 18.2 Å². The highest BCUT2D eigenvalue weighted by Gasteiger charge is 2.49. The lowest BCUT2D eigenvalue weighted by Crippen LogP contribution is -2.46. The summed E-state index contributed by atoms with van der Waals surface area (Å²) in [5, 5.41) is 2.65. The minimum atomic E-state index is -0.950. The fourth-order valence-corrected chi connectivity index (χ4v) is 3.89. The number of carbonyl (C=O) groups excluding carboxylic acids is 4. The summed E-state index contributed by atoms with van der Waals surface area (Å²) < 4.78 is 5.21. The highest BCUT2D eigenvalue weighted by Crippen LogP contribution is 2.31. The van der Waals surface area contributed by atoms with Gasteiger partial charge in [0, 0.05) is 6.04 Å². The van der Waals surface area contributed by atoms with E-state index in [1.165, 1.54) is 7.11 Å². The lowest BCUT2D eigenvalue weighted by atomic mass is 9.85. The van der Waals surface area contributed by atoms with Crippen LogP contribution in [0.4, 0.5) is 10.5 Å². The average molecular weight is 387 g/mol. The Morgan fingerprint density at radius 3 is 2.57 bits per heavy atom. The molecule has 0 radical (unpaired) electrons. The molecule has 1 N–H and O–H groups in total. The van der Waals surface area contributed by atoms with Crippen molar-refractivity contribution in [2.45, 2.75) is 45.6 Å². The van der Waals surface area contributed by atoms with Gasteiger partial charge in [-0.25, -0.2) is 9.69 Å². The maximum Gasteiger partial charge on any atom is 0.334 e. The standard InChI is InChI=1S/C20H25N3O5/c1-12-8-9-16(28-3)14(10-12)21-17(24)11-22-18(25)19(26)23(20(22)27)15-7-5-4-6-13(15)2/h8-10,13,15H,4-7,11H2,1-3H3,(H,21,24)/t13-,15-/m0/s1. The molecule has 2 atom stereocenters. The molecule has 8 nitrogen and oxygen atoms in total. The molecule has 1 aromatic rings. The van der Waals surface area contributed by atoms with Gasteiger partial charge in [0.2, 0.25) is 5.91 Å². The SMILES string of the molecule is COc1ccc(C)cc1NC(=O)CN1C(=O)C(=O)N([C@H]2CCCC[C@@H]2C)C1=O. The molecule has 0 aromatic heterocycles. The summed E-state index contributed by atoms with van der Waals surface area (Å²) >= 11 is 0. The van der Waals surface area contributed by atoms with E-state index in [0.717, 1.165) is 34.6 Å². The summed E-state index contributed by atoms with van der Waals surface area (Å²) in [6.07, 6.45) is 3.55. The molecule has 0 unspecified atom stereocenters. The van der Waals surface area contributed by atoms with Crippen LogP contribution in [0.2, 0.25) is 0 Å². The number of amides is 5. The van der Waals surface area contributed by atoms with Crippen molar-refractivity contribution in [2.75, 3.05) is 19.0 Å². The van der Waals surface area contributed by atoms with Crippen molar-refractivity contribution in [3.05, 3.63) is 23.8 Å². The third kappa shape index (κ3) is 3.72. The molecule has 0 bridgehead atoms. The van der Waals surface area contributed by atoms with Gasteiger partial charge in [-0.05, 0) is 43.4 Å². The number of rotatable bonds is 5. The molecule has 1 aliphatic carbocycles. The smallest absolute Gasteiger partial charge is 0.334 e. The van der Waals surface area contributed by atoms with E-state index in [0.29, 0.717) is 17.9 Å². The number of benzene rings is 1. The topological polar surface area (TPSA) is 96.0 Å². The van der Waals surface area contributed by atoms with E-state index in [2.05, 4.69) is 5.32 Å². The Bertz CT molecular complexity index is 822. The Labute approximate surface area is 163 Å². The minimum absolute atomic E-state index is 0.139. The first-order valence-corrected chi connectivity index (χ1v) is 9.47. The molecular formula is C20H25N3O5. The van der Waals surface area contributed by atoms with Gasteiger partial charge in [0.05, 0.1) is 12.8 Å². The van der Waals surface area contributed by atoms with E-state index in [1.54, 1.807) is 12.1 Å². The lowest BCUT2D eigenvalue weighted by molar-refractivity contribution is -0.145. The molecule has 1 saturated heterocycles. The molecule has 1 aromatic carbocycles. The van der Waals surface area contributed by atoms with Gasteiger partial charge < -0.3 is 10.1 Å². The van der Waals surface area contributed by atoms with Gasteiger partial charge in [-0.3, -0.25) is 19.3 Å². The molecule has 5 amide bonds. The van der Waals surface area contributed by atoms with Crippen LogP contribution in [0.3, 0.4) is 0 Å². The van der Waals surface area contributed by atoms with E-state index in [1.807, 2.05) is 19.9 Å². The largest absolute Gasteiger partial charge is 0.495 e. The number of ether oxygens (including phenoxy) is 1. The van der Waals surface area contributed by atoms with Gasteiger partial charge >= 0.3 is 17.8 Å². The number of nitrogens with one attached hydrogen (secondary N) is 1. The van der Waals surface area contributed by atoms with Crippen LogP contribution < -0.4 is 10.1 Å². The van der Waals surface area contributed by atoms with Crippen molar-refractivity contribution in [1.29, 1.82) is 0 Å². The second kappa shape index (κ2) is 8.00. The van der Waals surface area contributed by atoms with Gasteiger partial charge in [0.1, 0.15) is 12.3 Å². The number of anilines is 1. The van der Waals surface area contributed by atoms with E-state index in [-0.39, 0.29) is 12.0 Å². The molecule has 0 spiro atoms. The van der Waals surface area contributed by atoms with E-state index >= 15 is 0 Å². The molecule has 2 fully saturated rings. The van der Waals surface area contributed by atoms with E-state index in [4.69, 9.17) is 4.74 Å². The molecule has 2 aliphatic rings. The minimum Gasteiger partial charge on any atom is -0.495 e. The summed E-state index contributed by atoms with van der Waals surface area (Å²) in [7, 11) is 1.48. The highest BCUT2D eigenvalue weighted by molar-refractivity contribution is 6.45. The number of hydrogen-bond donors (Lipinski definition) is 1. The number of urea groups is 1. The third-order valence-electron chi connectivity index (χ3n) is 5.41. The van der Waals surface area contributed by atoms with Gasteiger partial charge in [-0.2, -0.15) is 0 Å². The molecule has 1 saturated carbocycles. The molecule has 1 heterocycles. The summed E-state index contributed by atoms with van der Waals surface area (Å²) in [6.45, 7) is 3.33. The summed E-state index contributed by atoms with van der Waals surface area (Å²) in [5.41, 5.74) is 1.35. The Morgan fingerprint density at radius 2 is 1.89 bits per heavy atom. The van der Waals surface area contributed by atoms with Crippen molar-refractivity contribution in [3.8, 4) is 5.75 Å². The lowest BCUT2D eigenvalue weighted by Gasteiger charge is -2.34. The van der Waals surface area contributed by atoms with Crippen LogP contribution in [0, 0.1) is 12.8 Å². The van der Waals surface area contributed by atoms with Crippen LogP contribution in [0.1, 0.15) is 38.2 Å². The predicted molar refractivity (Wildman–Crippen MR) is 102 cm³/mol. The van der Waals surface area contributed by atoms with Crippen LogP contribution in [-0.2, 0) is 14.4 Å². The van der Waals surface area contributed by atoms with Gasteiger partial charge in [-0.15, -0.1) is 0 Å². The predicted octanol–water partition coefficient (Wildman–Crippen LogP) is 2.31. The molecule has 150 valence electrons. The average Bonchev–Trinajstić information content (AvgIpc) is 2.86. The fraction of sp³-hybridized carbons (Fsp3) is 0.500. The number of imide groups is 2. The zero-order chi connectivity index (χ0) is 20.4. The Hall–Kier alpha value is -2.90. The van der Waals surface area contributed by atoms with Crippen LogP contribution in [0.5, 0.6) is 5.75 Å². The summed E-state index contributed by atoms with van der Waals surface area (Å²) in [4.78, 5) is 51.7. The van der Waals surface area contributed by atoms with Crippen LogP contribution >= 0.6 is 0 Å². The summed E-state index contributed by atoms with van der Waals surface area (Å²) in [6, 6.07) is 4.28. The van der Waals surface area contributed by atoms with Crippen molar-refractivity contribution < 1.29 is 23.9 Å². The second-order valence-corrected chi connectivity index (χ2v) is 7.43. The van der Waals surface area contributed by atoms with Crippen molar-refractivity contribution in [1.82, 2.24) is 9.80 Å². The molecule has 28 heavy (non-hydrogen) atoms. The Kier molecular flexibility index (Phi) is 5.67. The number of aryl methyl sites for hydroxylation is 1. The number of carbonyl (C=O) groups is 4. The zero-order valence-corrected chi connectivity index (χ0v) is 16.4. The monoisotopic (exact) mass is 387 g/mol. The Balaban J connectivity index is 1.72. The van der Waals surface area contributed by atoms with Crippen LogP contribution in [-0.4, -0.2) is 53.2 Å². The number of nitrogens with zero attached hydrogens (tertiary/aromatic N) is 2. The second-order valence-electron chi connectivity index (χ2n) is 7.43. The van der Waals surface area contributed by atoms with Gasteiger partial charge in [0.15, 0.2) is 0 Å². The van der Waals surface area contributed by atoms with E-state index < -0.39 is 30.3 Å². The van der Waals surface area contributed by atoms with Crippen molar-refractivity contribution in [2.24, 2.45) is 5.92 Å². The molecular weight excluding hydrogens is 362 g/mol. The maximum atomic E-state index is 12.7. The summed E-state index contributed by atoms with van der Waals surface area (Å²) in [5.74, 6) is -1.76. The molecule has 1 aliphatic heterocycles. The normalized spacial score (nSPS) is 22.6. The zero-order valence-electron chi connectivity index (χ0n) is 16.4. The molecule has 8 heteroatoms. The highest BCUT2D eigenvalue weighted by atomic mass is 16.5. The van der Waals surface area contributed by atoms with Crippen LogP contribution in [0.25, 0.3) is 0 Å². The van der Waals surface area contributed by atoms with Gasteiger partial charge in [0.25, 0.3) is 0 Å². The first kappa shape index (κ1) is 19.9.